The average molecular weight is 559 g/mol. The molecule has 4 heterocycles. The third-order valence-electron chi connectivity index (χ3n) is 10.3. The third-order valence-corrected chi connectivity index (χ3v) is 10.3. The second-order valence-electron chi connectivity index (χ2n) is 12.4. The van der Waals surface area contributed by atoms with E-state index in [0.29, 0.717) is 0 Å². The van der Waals surface area contributed by atoms with Gasteiger partial charge in [-0.05, 0) is 71.0 Å². The number of hydrogen-bond acceptors (Lipinski definition) is 0. The summed E-state index contributed by atoms with van der Waals surface area (Å²) in [6.07, 6.45) is 4.66. The van der Waals surface area contributed by atoms with Crippen LogP contribution < -0.4 is 5.22 Å². The van der Waals surface area contributed by atoms with Gasteiger partial charge in [-0.15, -0.1) is 0 Å². The van der Waals surface area contributed by atoms with Crippen molar-refractivity contribution in [2.75, 3.05) is 0 Å². The lowest BCUT2D eigenvalue weighted by molar-refractivity contribution is 1.05. The Morgan fingerprint density at radius 3 is 2.02 bits per heavy atom. The standard InChI is InChI=1S/C42H26N2/c1-2-9-25(10-3-1)26-18-22-38-35(23-26)40-28(20-21-34-30-12-5-6-15-36(30)43(38)42(34)40)27-17-19-31-33-14-8-13-32-29-11-4-7-16-37(29)44(41(32)33)39(31)24-27/h1-7,9-12,14-24H,8,13H2. The van der Waals surface area contributed by atoms with E-state index in [9.17, 15) is 0 Å². The van der Waals surface area contributed by atoms with Gasteiger partial charge < -0.3 is 8.80 Å². The normalized spacial score (nSPS) is 13.5. The van der Waals surface area contributed by atoms with Crippen LogP contribution in [0.5, 0.6) is 0 Å². The number of nitrogens with zero attached hydrogens (tertiary/aromatic N) is 2. The second-order valence-corrected chi connectivity index (χ2v) is 12.4. The van der Waals surface area contributed by atoms with Crippen molar-refractivity contribution in [2.45, 2.75) is 12.8 Å². The largest absolute Gasteiger partial charge is 0.308 e. The molecule has 0 N–H and O–H groups in total. The number of rotatable bonds is 2. The molecule has 0 saturated carbocycles. The summed E-state index contributed by atoms with van der Waals surface area (Å²) in [5.41, 5.74) is 14.4. The molecule has 0 atom stereocenters. The number of hydrogen-bond donors (Lipinski definition) is 0. The van der Waals surface area contributed by atoms with Crippen LogP contribution >= 0.6 is 0 Å². The maximum atomic E-state index is 2.53. The van der Waals surface area contributed by atoms with Gasteiger partial charge in [0.15, 0.2) is 0 Å². The summed E-state index contributed by atoms with van der Waals surface area (Å²) in [5, 5.41) is 9.43. The quantitative estimate of drug-likeness (QED) is 0.200. The summed E-state index contributed by atoms with van der Waals surface area (Å²) in [6.45, 7) is 0. The fourth-order valence-corrected chi connectivity index (χ4v) is 8.46. The zero-order chi connectivity index (χ0) is 28.5. The highest BCUT2D eigenvalue weighted by molar-refractivity contribution is 6.27. The predicted octanol–water partition coefficient (Wildman–Crippen LogP) is 10.2. The van der Waals surface area contributed by atoms with Gasteiger partial charge in [-0.25, -0.2) is 0 Å². The Bertz CT molecular complexity index is 2860. The Morgan fingerprint density at radius 2 is 1.14 bits per heavy atom. The van der Waals surface area contributed by atoms with Crippen LogP contribution in [0.1, 0.15) is 12.0 Å². The van der Waals surface area contributed by atoms with Gasteiger partial charge in [-0.1, -0.05) is 103 Å². The topological polar surface area (TPSA) is 8.82 Å². The molecule has 0 fully saturated rings. The molecule has 0 amide bonds. The molecule has 2 heteroatoms. The number of aryl methyl sites for hydroxylation is 1. The molecule has 0 spiro atoms. The highest BCUT2D eigenvalue weighted by Gasteiger charge is 2.23. The van der Waals surface area contributed by atoms with E-state index in [0.717, 1.165) is 12.8 Å². The molecular formula is C42H26N2. The van der Waals surface area contributed by atoms with Crippen molar-refractivity contribution in [2.24, 2.45) is 0 Å². The number of benzene rings is 6. The van der Waals surface area contributed by atoms with Crippen molar-refractivity contribution in [1.29, 1.82) is 0 Å². The lowest BCUT2D eigenvalue weighted by Crippen LogP contribution is -2.05. The molecule has 0 saturated heterocycles. The molecule has 0 bridgehead atoms. The fourth-order valence-electron chi connectivity index (χ4n) is 8.46. The van der Waals surface area contributed by atoms with Crippen LogP contribution in [0, 0.1) is 0 Å². The second kappa shape index (κ2) is 8.06. The third kappa shape index (κ3) is 2.72. The zero-order valence-corrected chi connectivity index (χ0v) is 24.0. The molecule has 1 aliphatic rings. The highest BCUT2D eigenvalue weighted by Crippen LogP contribution is 2.45. The maximum absolute atomic E-state index is 2.53. The van der Waals surface area contributed by atoms with Crippen LogP contribution in [0.3, 0.4) is 0 Å². The SMILES string of the molecule is C1=c2c3ccc(-c4ccc5c6ccccc6n6c7ccc(-c8ccccc8)cc7c4c56)cc3n3c2c(c2ccccc23)CC1. The van der Waals surface area contributed by atoms with Crippen molar-refractivity contribution in [3.8, 4) is 22.3 Å². The summed E-state index contributed by atoms with van der Waals surface area (Å²) in [4.78, 5) is 0. The predicted molar refractivity (Wildman–Crippen MR) is 186 cm³/mol. The first-order chi connectivity index (χ1) is 21.8. The van der Waals surface area contributed by atoms with Crippen LogP contribution in [0.15, 0.2) is 127 Å². The number of aromatic nitrogens is 2. The minimum Gasteiger partial charge on any atom is -0.308 e. The van der Waals surface area contributed by atoms with Crippen molar-refractivity contribution in [3.05, 3.63) is 138 Å². The first-order valence-electron chi connectivity index (χ1n) is 15.6. The van der Waals surface area contributed by atoms with Crippen molar-refractivity contribution < 1.29 is 0 Å². The molecular weight excluding hydrogens is 532 g/mol. The van der Waals surface area contributed by atoms with E-state index in [1.54, 1.807) is 0 Å². The van der Waals surface area contributed by atoms with Crippen LogP contribution in [-0.2, 0) is 6.42 Å². The van der Waals surface area contributed by atoms with Crippen LogP contribution in [0.2, 0.25) is 0 Å². The number of para-hydroxylation sites is 2. The Morgan fingerprint density at radius 1 is 0.432 bits per heavy atom. The van der Waals surface area contributed by atoms with Gasteiger partial charge in [-0.3, -0.25) is 0 Å². The molecule has 0 aliphatic heterocycles. The minimum atomic E-state index is 1.10. The molecule has 6 aromatic carbocycles. The minimum absolute atomic E-state index is 1.10. The van der Waals surface area contributed by atoms with Crippen molar-refractivity contribution >= 4 is 71.5 Å². The van der Waals surface area contributed by atoms with Crippen LogP contribution in [0.4, 0.5) is 0 Å². The van der Waals surface area contributed by atoms with Crippen LogP contribution in [0.25, 0.3) is 93.7 Å². The van der Waals surface area contributed by atoms with E-state index in [4.69, 9.17) is 0 Å². The van der Waals surface area contributed by atoms with E-state index in [2.05, 4.69) is 142 Å². The van der Waals surface area contributed by atoms with Crippen molar-refractivity contribution in [1.82, 2.24) is 8.80 Å². The van der Waals surface area contributed by atoms with Gasteiger partial charge >= 0.3 is 0 Å². The molecule has 204 valence electrons. The van der Waals surface area contributed by atoms with Crippen molar-refractivity contribution in [3.63, 3.8) is 0 Å². The molecule has 11 rings (SSSR count). The smallest absolute Gasteiger partial charge is 0.0626 e. The first kappa shape index (κ1) is 22.9. The van der Waals surface area contributed by atoms with Crippen LogP contribution in [-0.4, -0.2) is 8.80 Å². The number of fused-ring (bicyclic) bond motifs is 12. The lowest BCUT2D eigenvalue weighted by atomic mass is 9.95. The molecule has 44 heavy (non-hydrogen) atoms. The van der Waals surface area contributed by atoms with Gasteiger partial charge in [-0.2, -0.15) is 0 Å². The molecule has 4 aromatic heterocycles. The summed E-state index contributed by atoms with van der Waals surface area (Å²) < 4.78 is 5.03. The summed E-state index contributed by atoms with van der Waals surface area (Å²) in [6, 6.07) is 47.4. The Kier molecular flexibility index (Phi) is 4.20. The Labute approximate surface area is 253 Å². The monoisotopic (exact) mass is 558 g/mol. The fraction of sp³-hybridized carbons (Fsp3) is 0.0476. The molecule has 0 radical (unpaired) electrons. The zero-order valence-electron chi connectivity index (χ0n) is 24.0. The van der Waals surface area contributed by atoms with Gasteiger partial charge in [0.2, 0.25) is 0 Å². The summed E-state index contributed by atoms with van der Waals surface area (Å²) in [7, 11) is 0. The van der Waals surface area contributed by atoms with Gasteiger partial charge in [0, 0.05) is 37.5 Å². The van der Waals surface area contributed by atoms with E-state index >= 15 is 0 Å². The summed E-state index contributed by atoms with van der Waals surface area (Å²) in [5.74, 6) is 0. The molecule has 1 aliphatic carbocycles. The Balaban J connectivity index is 1.29. The highest BCUT2D eigenvalue weighted by atomic mass is 14.9. The molecule has 10 aromatic rings. The summed E-state index contributed by atoms with van der Waals surface area (Å²) >= 11 is 0. The average Bonchev–Trinajstić information content (AvgIpc) is 3.81. The lowest BCUT2D eigenvalue weighted by Gasteiger charge is -2.08. The van der Waals surface area contributed by atoms with E-state index < -0.39 is 0 Å². The maximum Gasteiger partial charge on any atom is 0.0626 e. The van der Waals surface area contributed by atoms with Gasteiger partial charge in [0.1, 0.15) is 0 Å². The van der Waals surface area contributed by atoms with E-state index in [-0.39, 0.29) is 0 Å². The first-order valence-corrected chi connectivity index (χ1v) is 15.6. The molecule has 0 unspecified atom stereocenters. The van der Waals surface area contributed by atoms with E-state index in [1.807, 2.05) is 0 Å². The Hall–Kier alpha value is -5.60. The molecule has 2 nitrogen and oxygen atoms in total. The van der Waals surface area contributed by atoms with Gasteiger partial charge in [0.25, 0.3) is 0 Å². The van der Waals surface area contributed by atoms with E-state index in [1.165, 1.54) is 98.5 Å². The van der Waals surface area contributed by atoms with Gasteiger partial charge in [0.05, 0.1) is 33.1 Å².